The van der Waals surface area contributed by atoms with Gasteiger partial charge in [0.1, 0.15) is 5.82 Å². The highest BCUT2D eigenvalue weighted by molar-refractivity contribution is 6.31. The summed E-state index contributed by atoms with van der Waals surface area (Å²) in [4.78, 5) is 12.3. The maximum Gasteiger partial charge on any atom is 0.258 e. The average Bonchev–Trinajstić information content (AvgIpc) is 2.50. The molecule has 0 aromatic heterocycles. The Hall–Kier alpha value is -1.87. The van der Waals surface area contributed by atoms with Gasteiger partial charge in [0.25, 0.3) is 5.91 Å². The molecule has 108 valence electrons. The lowest BCUT2D eigenvalue weighted by Gasteiger charge is -2.19. The summed E-state index contributed by atoms with van der Waals surface area (Å²) in [6.07, 6.45) is 4.27. The molecule has 1 aliphatic carbocycles. The maximum atomic E-state index is 13.7. The van der Waals surface area contributed by atoms with E-state index in [0.29, 0.717) is 5.02 Å². The number of hydrogen-bond donors (Lipinski definition) is 1. The third-order valence-electron chi connectivity index (χ3n) is 3.82. The van der Waals surface area contributed by atoms with Gasteiger partial charge in [-0.25, -0.2) is 4.39 Å². The molecule has 0 bridgehead atoms. The largest absolute Gasteiger partial charge is 0.322 e. The molecule has 1 aliphatic rings. The monoisotopic (exact) mass is 303 g/mol. The van der Waals surface area contributed by atoms with Gasteiger partial charge < -0.3 is 5.32 Å². The number of carbonyl (C=O) groups excluding carboxylic acids is 1. The lowest BCUT2D eigenvalue weighted by atomic mass is 9.90. The van der Waals surface area contributed by atoms with Crippen LogP contribution in [0.5, 0.6) is 0 Å². The Kier molecular flexibility index (Phi) is 3.93. The molecular formula is C17H15ClFNO. The van der Waals surface area contributed by atoms with E-state index in [2.05, 4.69) is 11.4 Å². The van der Waals surface area contributed by atoms with Crippen molar-refractivity contribution in [2.75, 3.05) is 5.32 Å². The van der Waals surface area contributed by atoms with E-state index in [4.69, 9.17) is 11.6 Å². The quantitative estimate of drug-likeness (QED) is 0.862. The van der Waals surface area contributed by atoms with Crippen LogP contribution in [0, 0.1) is 5.82 Å². The first kappa shape index (κ1) is 14.1. The topological polar surface area (TPSA) is 29.1 Å². The van der Waals surface area contributed by atoms with Crippen molar-refractivity contribution in [1.29, 1.82) is 0 Å². The van der Waals surface area contributed by atoms with E-state index in [1.54, 1.807) is 0 Å². The molecule has 4 heteroatoms. The first-order chi connectivity index (χ1) is 10.1. The second-order valence-electron chi connectivity index (χ2n) is 5.23. The van der Waals surface area contributed by atoms with Crippen LogP contribution in [0.4, 0.5) is 10.1 Å². The summed E-state index contributed by atoms with van der Waals surface area (Å²) in [6, 6.07) is 9.86. The second kappa shape index (κ2) is 5.86. The summed E-state index contributed by atoms with van der Waals surface area (Å²) in [5.74, 6) is -1.03. The van der Waals surface area contributed by atoms with Gasteiger partial charge in [0.2, 0.25) is 0 Å². The summed E-state index contributed by atoms with van der Waals surface area (Å²) >= 11 is 5.83. The fourth-order valence-corrected chi connectivity index (χ4v) is 2.93. The Labute approximate surface area is 127 Å². The molecular weight excluding hydrogens is 289 g/mol. The van der Waals surface area contributed by atoms with E-state index in [1.807, 2.05) is 12.1 Å². The molecule has 2 nitrogen and oxygen atoms in total. The number of hydrogen-bond acceptors (Lipinski definition) is 1. The van der Waals surface area contributed by atoms with E-state index in [9.17, 15) is 9.18 Å². The summed E-state index contributed by atoms with van der Waals surface area (Å²) in [5.41, 5.74) is 3.18. The molecule has 3 rings (SSSR count). The molecule has 0 fully saturated rings. The third-order valence-corrected chi connectivity index (χ3v) is 4.05. The number of rotatable bonds is 2. The zero-order valence-electron chi connectivity index (χ0n) is 11.5. The minimum absolute atomic E-state index is 0.0316. The number of aryl methyl sites for hydroxylation is 1. The van der Waals surface area contributed by atoms with Gasteiger partial charge in [-0.05, 0) is 61.1 Å². The van der Waals surface area contributed by atoms with Crippen LogP contribution in [0.1, 0.15) is 34.3 Å². The summed E-state index contributed by atoms with van der Waals surface area (Å²) < 4.78 is 13.7. The van der Waals surface area contributed by atoms with E-state index < -0.39 is 11.7 Å². The molecule has 2 aromatic carbocycles. The SMILES string of the molecule is O=C(Nc1cccc2c1CCCC2)c1cc(Cl)ccc1F. The van der Waals surface area contributed by atoms with Crippen LogP contribution < -0.4 is 5.32 Å². The second-order valence-corrected chi connectivity index (χ2v) is 5.67. The lowest BCUT2D eigenvalue weighted by Crippen LogP contribution is -2.16. The molecule has 0 saturated carbocycles. The number of amides is 1. The van der Waals surface area contributed by atoms with Crippen molar-refractivity contribution in [2.24, 2.45) is 0 Å². The lowest BCUT2D eigenvalue weighted by molar-refractivity contribution is 0.102. The number of nitrogens with one attached hydrogen (secondary N) is 1. The Morgan fingerprint density at radius 3 is 2.81 bits per heavy atom. The van der Waals surface area contributed by atoms with Gasteiger partial charge in [-0.2, -0.15) is 0 Å². The van der Waals surface area contributed by atoms with Crippen LogP contribution in [-0.4, -0.2) is 5.91 Å². The van der Waals surface area contributed by atoms with Gasteiger partial charge in [0.15, 0.2) is 0 Å². The first-order valence-electron chi connectivity index (χ1n) is 7.02. The highest BCUT2D eigenvalue weighted by Gasteiger charge is 2.17. The van der Waals surface area contributed by atoms with E-state index in [1.165, 1.54) is 35.7 Å². The van der Waals surface area contributed by atoms with Gasteiger partial charge in [-0.3, -0.25) is 4.79 Å². The van der Waals surface area contributed by atoms with Gasteiger partial charge in [-0.15, -0.1) is 0 Å². The Morgan fingerprint density at radius 1 is 1.14 bits per heavy atom. The molecule has 2 aromatic rings. The van der Waals surface area contributed by atoms with Crippen molar-refractivity contribution in [1.82, 2.24) is 0 Å². The fourth-order valence-electron chi connectivity index (χ4n) is 2.76. The third kappa shape index (κ3) is 2.93. The predicted molar refractivity (Wildman–Crippen MR) is 82.4 cm³/mol. The van der Waals surface area contributed by atoms with Gasteiger partial charge in [0, 0.05) is 10.7 Å². The van der Waals surface area contributed by atoms with E-state index in [0.717, 1.165) is 24.9 Å². The van der Waals surface area contributed by atoms with Gasteiger partial charge in [-0.1, -0.05) is 23.7 Å². The van der Waals surface area contributed by atoms with Crippen LogP contribution in [0.2, 0.25) is 5.02 Å². The highest BCUT2D eigenvalue weighted by Crippen LogP contribution is 2.28. The van der Waals surface area contributed by atoms with Crippen LogP contribution in [-0.2, 0) is 12.8 Å². The molecule has 1 amide bonds. The van der Waals surface area contributed by atoms with Crippen LogP contribution in [0.15, 0.2) is 36.4 Å². The van der Waals surface area contributed by atoms with Crippen LogP contribution >= 0.6 is 11.6 Å². The van der Waals surface area contributed by atoms with Crippen molar-refractivity contribution < 1.29 is 9.18 Å². The average molecular weight is 304 g/mol. The standard InChI is InChI=1S/C17H15ClFNO/c18-12-8-9-15(19)14(10-12)17(21)20-16-7-3-5-11-4-1-2-6-13(11)16/h3,5,7-10H,1-2,4,6H2,(H,20,21). The van der Waals surface area contributed by atoms with Crippen molar-refractivity contribution >= 4 is 23.2 Å². The van der Waals surface area contributed by atoms with E-state index in [-0.39, 0.29) is 5.56 Å². The Bertz CT molecular complexity index is 699. The number of benzene rings is 2. The first-order valence-corrected chi connectivity index (χ1v) is 7.40. The summed E-state index contributed by atoms with van der Waals surface area (Å²) in [5, 5.41) is 3.16. The van der Waals surface area contributed by atoms with Gasteiger partial charge >= 0.3 is 0 Å². The minimum atomic E-state index is -0.568. The maximum absolute atomic E-state index is 13.7. The van der Waals surface area contributed by atoms with Crippen molar-refractivity contribution in [3.05, 3.63) is 63.9 Å². The molecule has 0 atom stereocenters. The minimum Gasteiger partial charge on any atom is -0.322 e. The zero-order valence-corrected chi connectivity index (χ0v) is 12.2. The highest BCUT2D eigenvalue weighted by atomic mass is 35.5. The number of halogens is 2. The molecule has 21 heavy (non-hydrogen) atoms. The van der Waals surface area contributed by atoms with E-state index >= 15 is 0 Å². The molecule has 0 saturated heterocycles. The zero-order chi connectivity index (χ0) is 14.8. The molecule has 0 aliphatic heterocycles. The van der Waals surface area contributed by atoms with Crippen molar-refractivity contribution in [3.8, 4) is 0 Å². The normalized spacial score (nSPS) is 13.6. The molecule has 0 heterocycles. The number of anilines is 1. The molecule has 0 radical (unpaired) electrons. The summed E-state index contributed by atoms with van der Waals surface area (Å²) in [6.45, 7) is 0. The predicted octanol–water partition coefficient (Wildman–Crippen LogP) is 4.61. The molecule has 1 N–H and O–H groups in total. The molecule has 0 spiro atoms. The number of fused-ring (bicyclic) bond motifs is 1. The fraction of sp³-hybridized carbons (Fsp3) is 0.235. The smallest absolute Gasteiger partial charge is 0.258 e. The molecule has 0 unspecified atom stereocenters. The van der Waals surface area contributed by atoms with Crippen molar-refractivity contribution in [2.45, 2.75) is 25.7 Å². The van der Waals surface area contributed by atoms with Gasteiger partial charge in [0.05, 0.1) is 5.56 Å². The number of carbonyl (C=O) groups is 1. The van der Waals surface area contributed by atoms with Crippen molar-refractivity contribution in [3.63, 3.8) is 0 Å². The Balaban J connectivity index is 1.90. The van der Waals surface area contributed by atoms with Crippen LogP contribution in [0.25, 0.3) is 0 Å². The summed E-state index contributed by atoms with van der Waals surface area (Å²) in [7, 11) is 0. The Morgan fingerprint density at radius 2 is 1.95 bits per heavy atom. The van der Waals surface area contributed by atoms with Crippen LogP contribution in [0.3, 0.4) is 0 Å².